The Bertz CT molecular complexity index is 4670. The fourth-order valence-electron chi connectivity index (χ4n) is 8.95. The lowest BCUT2D eigenvalue weighted by atomic mass is 10.1. The van der Waals surface area contributed by atoms with Gasteiger partial charge in [-0.3, -0.25) is 19.2 Å². The molecule has 0 aliphatic heterocycles. The maximum Gasteiger partial charge on any atom is 0.253 e. The molecule has 0 aliphatic rings. The van der Waals surface area contributed by atoms with Crippen molar-refractivity contribution in [3.63, 3.8) is 0 Å². The number of nitrogens with zero attached hydrogens (tertiary/aromatic N) is 7. The summed E-state index contributed by atoms with van der Waals surface area (Å²) in [6.07, 6.45) is 9.78. The molecule has 104 heavy (non-hydrogen) atoms. The van der Waals surface area contributed by atoms with E-state index in [1.807, 2.05) is 19.0 Å². The molecule has 0 unspecified atom stereocenters. The van der Waals surface area contributed by atoms with E-state index in [0.717, 1.165) is 12.2 Å². The summed E-state index contributed by atoms with van der Waals surface area (Å²) < 4.78 is 67.3. The zero-order valence-corrected chi connectivity index (χ0v) is 61.9. The zero-order valence-electron chi connectivity index (χ0n) is 58.0. The molecule has 33 heteroatoms. The van der Waals surface area contributed by atoms with Crippen LogP contribution in [0.1, 0.15) is 38.1 Å². The summed E-state index contributed by atoms with van der Waals surface area (Å²) in [7, 11) is 2.85. The summed E-state index contributed by atoms with van der Waals surface area (Å²) >= 11 is 18.9. The number of likely N-dealkylation sites (N-methyl/N-ethyl adjacent to an activating group) is 1. The van der Waals surface area contributed by atoms with Crippen LogP contribution in [0.2, 0.25) is 15.1 Å². The number of aromatic nitrogens is 6. The van der Waals surface area contributed by atoms with Gasteiger partial charge in [0.25, 0.3) is 5.91 Å². The molecule has 0 aliphatic carbocycles. The van der Waals surface area contributed by atoms with Crippen LogP contribution in [-0.2, 0) is 34.1 Å². The summed E-state index contributed by atoms with van der Waals surface area (Å²) in [4.78, 5) is 75.8. The zero-order chi connectivity index (χ0) is 75.8. The van der Waals surface area contributed by atoms with E-state index in [4.69, 9.17) is 49.0 Å². The first-order chi connectivity index (χ1) is 49.6. The highest BCUT2D eigenvalue weighted by Crippen LogP contribution is 2.37. The van der Waals surface area contributed by atoms with Crippen LogP contribution in [0.5, 0.6) is 17.2 Å². The third-order valence-corrected chi connectivity index (χ3v) is 19.5. The number of para-hydroxylation sites is 3. The number of carbonyl (C=O) groups is 4. The highest BCUT2D eigenvalue weighted by molar-refractivity contribution is 7.92. The summed E-state index contributed by atoms with van der Waals surface area (Å²) in [5.41, 5.74) is 4.74. The van der Waals surface area contributed by atoms with E-state index in [9.17, 15) is 36.0 Å². The van der Waals surface area contributed by atoms with E-state index in [2.05, 4.69) is 96.2 Å². The summed E-state index contributed by atoms with van der Waals surface area (Å²) in [6.45, 7) is 14.0. The molecule has 544 valence electrons. The summed E-state index contributed by atoms with van der Waals surface area (Å²) in [5.74, 6) is 1.56. The van der Waals surface area contributed by atoms with E-state index >= 15 is 0 Å². The molecule has 28 nitrogen and oxygen atoms in total. The van der Waals surface area contributed by atoms with Crippen molar-refractivity contribution in [2.24, 2.45) is 0 Å². The number of amides is 4. The Labute approximate surface area is 617 Å². The first-order valence-electron chi connectivity index (χ1n) is 31.3. The molecular formula is C71H76Cl3N17O11S2. The smallest absolute Gasteiger partial charge is 0.253 e. The second kappa shape index (κ2) is 37.5. The van der Waals surface area contributed by atoms with Crippen LogP contribution in [0.3, 0.4) is 0 Å². The van der Waals surface area contributed by atoms with E-state index in [-0.39, 0.29) is 78.0 Å². The van der Waals surface area contributed by atoms with Crippen molar-refractivity contribution in [1.29, 1.82) is 0 Å². The molecule has 9 rings (SSSR count). The standard InChI is InChI=1S/C25H28ClN7O3.2C23H24ClN5O4S/c1-27-24(35)17-8-5-6-9-19(17)30-23-18(26)15-28-25(32-23)31-20-14-16(11-12-21(20)36-4)29-22(34)10-7-13-33(2)3;2*1-5-21(30)26-15-10-11-19(33-4)18(12-15)28-23-25-13-16(24)22(29-23)27-17-8-6-7-9-20(17)34(31,32)14(2)3/h5-12,14-15H,13H2,1-4H3,(H,27,35)(H,29,34)(H2,28,30,31,32);2*5-14H,1H2,2-4H3,(H,26,30)(H2,25,27,28,29)/b10-7+;;. The minimum absolute atomic E-state index is 0.140. The van der Waals surface area contributed by atoms with Gasteiger partial charge in [0.15, 0.2) is 37.1 Å². The fourth-order valence-corrected chi connectivity index (χ4v) is 11.8. The first kappa shape index (κ1) is 79.9. The fraction of sp³-hybridized carbons (Fsp3) is 0.183. The van der Waals surface area contributed by atoms with E-state index in [1.54, 1.807) is 156 Å². The minimum atomic E-state index is -3.55. The molecule has 0 atom stereocenters. The third kappa shape index (κ3) is 22.1. The molecule has 9 aromatic rings. The Balaban J connectivity index is 0.000000218. The number of halogens is 3. The van der Waals surface area contributed by atoms with Gasteiger partial charge in [-0.1, -0.05) is 90.4 Å². The Hall–Kier alpha value is -11.4. The van der Waals surface area contributed by atoms with Crippen molar-refractivity contribution < 1.29 is 50.2 Å². The predicted octanol–water partition coefficient (Wildman–Crippen LogP) is 13.9. The van der Waals surface area contributed by atoms with Gasteiger partial charge in [0.1, 0.15) is 32.3 Å². The number of carbonyl (C=O) groups excluding carboxylic acids is 4. The van der Waals surface area contributed by atoms with Gasteiger partial charge in [-0.05, 0) is 145 Å². The van der Waals surface area contributed by atoms with Gasteiger partial charge in [0, 0.05) is 36.7 Å². The quantitative estimate of drug-likeness (QED) is 0.0204. The van der Waals surface area contributed by atoms with Gasteiger partial charge >= 0.3 is 0 Å². The van der Waals surface area contributed by atoms with Gasteiger partial charge in [0.05, 0.1) is 99.9 Å². The molecule has 0 saturated heterocycles. The Morgan fingerprint density at radius 1 is 0.481 bits per heavy atom. The van der Waals surface area contributed by atoms with Crippen molar-refractivity contribution >= 4 is 165 Å². The molecule has 0 saturated carbocycles. The molecule has 0 radical (unpaired) electrons. The number of anilines is 15. The Morgan fingerprint density at radius 3 is 1.15 bits per heavy atom. The maximum atomic E-state index is 12.8. The Morgan fingerprint density at radius 2 is 0.817 bits per heavy atom. The van der Waals surface area contributed by atoms with Crippen LogP contribution < -0.4 is 67.4 Å². The van der Waals surface area contributed by atoms with E-state index < -0.39 is 30.2 Å². The normalized spacial score (nSPS) is 11.0. The number of nitrogens with one attached hydrogen (secondary N) is 10. The topological polar surface area (TPSA) is 365 Å². The molecule has 0 fully saturated rings. The molecule has 0 bridgehead atoms. The second-order valence-electron chi connectivity index (χ2n) is 22.5. The lowest BCUT2D eigenvalue weighted by Crippen LogP contribution is -2.19. The van der Waals surface area contributed by atoms with Crippen LogP contribution in [0.25, 0.3) is 0 Å². The third-order valence-electron chi connectivity index (χ3n) is 14.3. The van der Waals surface area contributed by atoms with Crippen molar-refractivity contribution in [3.8, 4) is 17.2 Å². The Kier molecular flexibility index (Phi) is 28.8. The molecular weight excluding hydrogens is 1440 g/mol. The second-order valence-corrected chi connectivity index (χ2v) is 28.7. The van der Waals surface area contributed by atoms with Crippen LogP contribution in [0.4, 0.5) is 86.5 Å². The van der Waals surface area contributed by atoms with Gasteiger partial charge < -0.3 is 72.3 Å². The molecule has 4 amide bonds. The number of sulfone groups is 2. The van der Waals surface area contributed by atoms with E-state index in [1.165, 1.54) is 58.1 Å². The number of hydrogen-bond acceptors (Lipinski definition) is 24. The van der Waals surface area contributed by atoms with Crippen LogP contribution in [0, 0.1) is 0 Å². The van der Waals surface area contributed by atoms with Crippen LogP contribution in [-0.4, -0.2) is 135 Å². The molecule has 10 N–H and O–H groups in total. The van der Waals surface area contributed by atoms with Crippen molar-refractivity contribution in [1.82, 2.24) is 40.1 Å². The SMILES string of the molecule is C=CC(=O)Nc1ccc(OC)c(Nc2ncc(Cl)c(Nc3ccccc3S(=O)(=O)C(C)C)n2)c1.C=CC(=O)Nc1ccc(OC)c(Nc2ncc(Cl)c(Nc3ccccc3S(=O)(=O)C(C)C)n2)c1.CNC(=O)c1ccccc1Nc1nc(Nc2cc(NC(=O)/C=C/CN(C)C)ccc2OC)ncc1Cl. The highest BCUT2D eigenvalue weighted by Gasteiger charge is 2.26. The highest BCUT2D eigenvalue weighted by atomic mass is 35.5. The molecule has 3 heterocycles. The van der Waals surface area contributed by atoms with Gasteiger partial charge in [0.2, 0.25) is 35.6 Å². The van der Waals surface area contributed by atoms with Crippen LogP contribution in [0.15, 0.2) is 193 Å². The molecule has 3 aromatic heterocycles. The molecule has 0 spiro atoms. The number of methoxy groups -OCH3 is 3. The maximum absolute atomic E-state index is 12.8. The number of rotatable bonds is 28. The minimum Gasteiger partial charge on any atom is -0.495 e. The predicted molar refractivity (Wildman–Crippen MR) is 411 cm³/mol. The van der Waals surface area contributed by atoms with Crippen molar-refractivity contribution in [2.75, 3.05) is 96.9 Å². The summed E-state index contributed by atoms with van der Waals surface area (Å²) in [5, 5.41) is 28.5. The average Bonchev–Trinajstić information content (AvgIpc) is 0.809. The number of ether oxygens (including phenoxy) is 3. The van der Waals surface area contributed by atoms with E-state index in [0.29, 0.717) is 86.4 Å². The number of benzene rings is 6. The molecule has 6 aromatic carbocycles. The lowest BCUT2D eigenvalue weighted by molar-refractivity contribution is -0.112. The van der Waals surface area contributed by atoms with Gasteiger partial charge in [-0.25, -0.2) is 31.8 Å². The largest absolute Gasteiger partial charge is 0.495 e. The van der Waals surface area contributed by atoms with Gasteiger partial charge in [-0.2, -0.15) is 15.0 Å². The summed E-state index contributed by atoms with van der Waals surface area (Å²) in [6, 6.07) is 35.2. The first-order valence-corrected chi connectivity index (χ1v) is 35.5. The number of hydrogen-bond donors (Lipinski definition) is 10. The van der Waals surface area contributed by atoms with Crippen LogP contribution >= 0.6 is 34.8 Å². The van der Waals surface area contributed by atoms with Crippen molar-refractivity contribution in [2.45, 2.75) is 48.0 Å². The monoisotopic (exact) mass is 1510 g/mol. The average molecular weight is 1510 g/mol. The lowest BCUT2D eigenvalue weighted by Gasteiger charge is -2.16. The van der Waals surface area contributed by atoms with Gasteiger partial charge in [-0.15, -0.1) is 0 Å². The van der Waals surface area contributed by atoms with Crippen molar-refractivity contribution in [3.05, 3.63) is 204 Å².